The number of anilines is 3. The lowest BCUT2D eigenvalue weighted by Gasteiger charge is -2.27. The van der Waals surface area contributed by atoms with Crippen molar-refractivity contribution in [3.63, 3.8) is 0 Å². The predicted molar refractivity (Wildman–Crippen MR) is 249 cm³/mol. The first kappa shape index (κ1) is 33.3. The molecule has 0 saturated heterocycles. The van der Waals surface area contributed by atoms with Gasteiger partial charge in [0, 0.05) is 38.6 Å². The minimum absolute atomic E-state index is 0.865. The molecule has 12 rings (SSSR count). The van der Waals surface area contributed by atoms with Crippen molar-refractivity contribution in [2.75, 3.05) is 4.90 Å². The lowest BCUT2D eigenvalue weighted by atomic mass is 9.99. The predicted octanol–water partition coefficient (Wildman–Crippen LogP) is 15.8. The molecule has 0 fully saturated rings. The fraction of sp³-hybridized carbons (Fsp3) is 0. The van der Waals surface area contributed by atoms with E-state index in [2.05, 4.69) is 228 Å². The number of benzene rings is 10. The van der Waals surface area contributed by atoms with Gasteiger partial charge in [0.2, 0.25) is 0 Å². The van der Waals surface area contributed by atoms with Gasteiger partial charge in [0.15, 0.2) is 0 Å². The third-order valence-electron chi connectivity index (χ3n) is 11.9. The Hall–Kier alpha value is -7.88. The molecular weight excluding hydrogens is 717 g/mol. The largest absolute Gasteiger partial charge is 0.455 e. The van der Waals surface area contributed by atoms with Crippen molar-refractivity contribution in [1.29, 1.82) is 0 Å². The van der Waals surface area contributed by atoms with Gasteiger partial charge in [-0.2, -0.15) is 0 Å². The van der Waals surface area contributed by atoms with Crippen LogP contribution in [-0.2, 0) is 0 Å². The first-order chi connectivity index (χ1) is 29.2. The zero-order chi connectivity index (χ0) is 38.9. The molecule has 0 atom stereocenters. The van der Waals surface area contributed by atoms with E-state index in [4.69, 9.17) is 4.42 Å². The summed E-state index contributed by atoms with van der Waals surface area (Å²) in [6, 6.07) is 78.7. The van der Waals surface area contributed by atoms with Crippen molar-refractivity contribution >= 4 is 82.4 Å². The van der Waals surface area contributed by atoms with Crippen LogP contribution in [0.1, 0.15) is 0 Å². The summed E-state index contributed by atoms with van der Waals surface area (Å²) in [6.07, 6.45) is 0. The van der Waals surface area contributed by atoms with Gasteiger partial charge in [0.25, 0.3) is 0 Å². The second kappa shape index (κ2) is 13.4. The lowest BCUT2D eigenvalue weighted by molar-refractivity contribution is 0.672. The molecule has 59 heavy (non-hydrogen) atoms. The number of hydrogen-bond donors (Lipinski definition) is 0. The molecule has 12 aromatic rings. The lowest BCUT2D eigenvalue weighted by Crippen LogP contribution is -2.10. The van der Waals surface area contributed by atoms with Crippen molar-refractivity contribution in [3.8, 4) is 27.9 Å². The molecule has 0 saturated carbocycles. The van der Waals surface area contributed by atoms with Crippen LogP contribution in [0.3, 0.4) is 0 Å². The van der Waals surface area contributed by atoms with Gasteiger partial charge in [-0.3, -0.25) is 0 Å². The van der Waals surface area contributed by atoms with Crippen LogP contribution in [0.15, 0.2) is 223 Å². The molecule has 0 aliphatic rings. The van der Waals surface area contributed by atoms with Crippen LogP contribution in [0.2, 0.25) is 0 Å². The molecule has 0 radical (unpaired) electrons. The van der Waals surface area contributed by atoms with Crippen LogP contribution >= 0.6 is 0 Å². The highest BCUT2D eigenvalue weighted by Crippen LogP contribution is 2.45. The Morgan fingerprint density at radius 3 is 1.90 bits per heavy atom. The van der Waals surface area contributed by atoms with Gasteiger partial charge in [-0.1, -0.05) is 140 Å². The standard InChI is InChI=1S/C56H36N2O/c1-2-16-44(17-3-1)58-51-21-9-8-20-48(51)50-36-43(29-33-52(50)58)38-26-30-45(31-27-38)57(46-18-10-15-41(35-46)42-25-24-37-12-4-5-14-40(37)34-42)53-22-11-23-54-55(53)49-32-28-39-13-6-7-19-47(39)56(49)59-54/h1-36H. The van der Waals surface area contributed by atoms with Crippen molar-refractivity contribution in [2.45, 2.75) is 0 Å². The van der Waals surface area contributed by atoms with Crippen LogP contribution in [0.5, 0.6) is 0 Å². The molecular formula is C56H36N2O. The SMILES string of the molecule is c1ccc(-n2c3ccccc3c3cc(-c4ccc(N(c5cccc(-c6ccc7ccccc7c6)c5)c5cccc6oc7c8ccccc8ccc7c56)cc4)ccc32)cc1. The highest BCUT2D eigenvalue weighted by atomic mass is 16.3. The monoisotopic (exact) mass is 752 g/mol. The zero-order valence-electron chi connectivity index (χ0n) is 32.1. The maximum atomic E-state index is 6.71. The summed E-state index contributed by atoms with van der Waals surface area (Å²) in [6.45, 7) is 0. The maximum Gasteiger partial charge on any atom is 0.143 e. The topological polar surface area (TPSA) is 21.3 Å². The quantitative estimate of drug-likeness (QED) is 0.169. The molecule has 3 nitrogen and oxygen atoms in total. The van der Waals surface area contributed by atoms with E-state index in [9.17, 15) is 0 Å². The molecule has 0 aliphatic carbocycles. The van der Waals surface area contributed by atoms with E-state index >= 15 is 0 Å². The highest BCUT2D eigenvalue weighted by Gasteiger charge is 2.21. The number of aromatic nitrogens is 1. The summed E-state index contributed by atoms with van der Waals surface area (Å²) >= 11 is 0. The van der Waals surface area contributed by atoms with Crippen LogP contribution in [0, 0.1) is 0 Å². The molecule has 0 unspecified atom stereocenters. The Labute approximate surface area is 341 Å². The molecule has 0 bridgehead atoms. The summed E-state index contributed by atoms with van der Waals surface area (Å²) in [5.74, 6) is 0. The van der Waals surface area contributed by atoms with Gasteiger partial charge < -0.3 is 13.9 Å². The number of nitrogens with zero attached hydrogens (tertiary/aromatic N) is 2. The number of furan rings is 1. The second-order valence-corrected chi connectivity index (χ2v) is 15.3. The van der Waals surface area contributed by atoms with E-state index in [1.807, 2.05) is 0 Å². The Morgan fingerprint density at radius 2 is 1.02 bits per heavy atom. The Balaban J connectivity index is 1.02. The molecule has 0 N–H and O–H groups in total. The summed E-state index contributed by atoms with van der Waals surface area (Å²) in [7, 11) is 0. The summed E-state index contributed by atoms with van der Waals surface area (Å²) in [5.41, 5.74) is 13.2. The van der Waals surface area contributed by atoms with Gasteiger partial charge in [-0.25, -0.2) is 0 Å². The van der Waals surface area contributed by atoms with Crippen molar-refractivity contribution in [3.05, 3.63) is 218 Å². The molecule has 2 heterocycles. The first-order valence-corrected chi connectivity index (χ1v) is 20.2. The zero-order valence-corrected chi connectivity index (χ0v) is 32.1. The third-order valence-corrected chi connectivity index (χ3v) is 11.9. The number of hydrogen-bond acceptors (Lipinski definition) is 2. The van der Waals surface area contributed by atoms with Gasteiger partial charge in [-0.05, 0) is 117 Å². The molecule has 10 aromatic carbocycles. The van der Waals surface area contributed by atoms with Crippen molar-refractivity contribution < 1.29 is 4.42 Å². The van der Waals surface area contributed by atoms with E-state index < -0.39 is 0 Å². The minimum atomic E-state index is 0.865. The van der Waals surface area contributed by atoms with E-state index in [1.54, 1.807) is 0 Å². The molecule has 3 heteroatoms. The Morgan fingerprint density at radius 1 is 0.356 bits per heavy atom. The van der Waals surface area contributed by atoms with Crippen molar-refractivity contribution in [2.24, 2.45) is 0 Å². The third kappa shape index (κ3) is 5.44. The number of rotatable bonds is 6. The Bertz CT molecular complexity index is 3560. The van der Waals surface area contributed by atoms with Crippen LogP contribution in [0.4, 0.5) is 17.1 Å². The smallest absolute Gasteiger partial charge is 0.143 e. The van der Waals surface area contributed by atoms with Crippen molar-refractivity contribution in [1.82, 2.24) is 4.57 Å². The van der Waals surface area contributed by atoms with E-state index in [-0.39, 0.29) is 0 Å². The molecule has 0 amide bonds. The fourth-order valence-corrected chi connectivity index (χ4v) is 9.15. The van der Waals surface area contributed by atoms with Crippen LogP contribution in [0.25, 0.3) is 93.2 Å². The molecule has 0 spiro atoms. The molecule has 2 aromatic heterocycles. The van der Waals surface area contributed by atoms with Gasteiger partial charge in [0.1, 0.15) is 11.2 Å². The van der Waals surface area contributed by atoms with E-state index in [0.29, 0.717) is 0 Å². The molecule has 276 valence electrons. The number of fused-ring (bicyclic) bond motifs is 9. The van der Waals surface area contributed by atoms with Gasteiger partial charge in [-0.15, -0.1) is 0 Å². The van der Waals surface area contributed by atoms with E-state index in [0.717, 1.165) is 61.2 Å². The van der Waals surface area contributed by atoms with Gasteiger partial charge in [0.05, 0.1) is 22.1 Å². The van der Waals surface area contributed by atoms with Gasteiger partial charge >= 0.3 is 0 Å². The average Bonchev–Trinajstić information content (AvgIpc) is 3.86. The first-order valence-electron chi connectivity index (χ1n) is 20.2. The summed E-state index contributed by atoms with van der Waals surface area (Å²) in [4.78, 5) is 2.39. The second-order valence-electron chi connectivity index (χ2n) is 15.3. The van der Waals surface area contributed by atoms with Crippen LogP contribution < -0.4 is 4.90 Å². The number of para-hydroxylation sites is 2. The summed E-state index contributed by atoms with van der Waals surface area (Å²) in [5, 5.41) is 9.43. The van der Waals surface area contributed by atoms with Crippen LogP contribution in [-0.4, -0.2) is 4.57 Å². The van der Waals surface area contributed by atoms with E-state index in [1.165, 1.54) is 49.1 Å². The average molecular weight is 753 g/mol. The Kier molecular flexibility index (Phi) is 7.54. The normalized spacial score (nSPS) is 11.7. The minimum Gasteiger partial charge on any atom is -0.455 e. The molecule has 0 aliphatic heterocycles. The fourth-order valence-electron chi connectivity index (χ4n) is 9.15. The highest BCUT2D eigenvalue weighted by molar-refractivity contribution is 6.19. The maximum absolute atomic E-state index is 6.71. The summed E-state index contributed by atoms with van der Waals surface area (Å²) < 4.78 is 9.07.